The van der Waals surface area contributed by atoms with Crippen molar-refractivity contribution in [3.05, 3.63) is 17.0 Å². The molecule has 1 atom stereocenters. The summed E-state index contributed by atoms with van der Waals surface area (Å²) in [6.07, 6.45) is 1.53. The van der Waals surface area contributed by atoms with E-state index in [0.29, 0.717) is 17.3 Å². The van der Waals surface area contributed by atoms with Crippen molar-refractivity contribution in [3.63, 3.8) is 0 Å². The van der Waals surface area contributed by atoms with E-state index in [1.54, 1.807) is 6.07 Å². The van der Waals surface area contributed by atoms with Crippen molar-refractivity contribution in [3.8, 4) is 0 Å². The minimum atomic E-state index is -3.48. The van der Waals surface area contributed by atoms with Gasteiger partial charge in [-0.1, -0.05) is 6.92 Å². The maximum atomic E-state index is 12.8. The Bertz CT molecular complexity index is 708. The zero-order chi connectivity index (χ0) is 18.0. The first-order chi connectivity index (χ1) is 11.9. The number of hydrogen-bond donors (Lipinski definition) is 0. The molecule has 3 heterocycles. The summed E-state index contributed by atoms with van der Waals surface area (Å²) in [4.78, 5) is 18.1. The number of nitrogens with zero attached hydrogens (tertiary/aromatic N) is 3. The number of carbonyl (C=O) groups excluding carboxylic acids is 1. The fourth-order valence-electron chi connectivity index (χ4n) is 3.58. The minimum Gasteiger partial charge on any atom is -0.340 e. The SMILES string of the molecule is CCN1CCN(C(=O)C2CCCN(S(=O)(=O)c3ccc(C)s3)C2)CC1. The van der Waals surface area contributed by atoms with Crippen LogP contribution in [-0.2, 0) is 14.8 Å². The third kappa shape index (κ3) is 4.07. The fourth-order valence-corrected chi connectivity index (χ4v) is 6.54. The van der Waals surface area contributed by atoms with Gasteiger partial charge < -0.3 is 9.80 Å². The number of hydrogen-bond acceptors (Lipinski definition) is 5. The molecule has 2 saturated heterocycles. The topological polar surface area (TPSA) is 60.9 Å². The Kier molecular flexibility index (Phi) is 5.82. The number of aryl methyl sites for hydroxylation is 1. The van der Waals surface area contributed by atoms with Crippen LogP contribution in [0.1, 0.15) is 24.6 Å². The Balaban J connectivity index is 1.66. The van der Waals surface area contributed by atoms with Crippen LogP contribution in [0.25, 0.3) is 0 Å². The van der Waals surface area contributed by atoms with Gasteiger partial charge >= 0.3 is 0 Å². The maximum absolute atomic E-state index is 12.8. The predicted octanol–water partition coefficient (Wildman–Crippen LogP) is 1.62. The smallest absolute Gasteiger partial charge is 0.252 e. The van der Waals surface area contributed by atoms with Gasteiger partial charge in [-0.25, -0.2) is 8.42 Å². The highest BCUT2D eigenvalue weighted by atomic mass is 32.2. The molecule has 2 aliphatic rings. The lowest BCUT2D eigenvalue weighted by Gasteiger charge is -2.38. The van der Waals surface area contributed by atoms with Gasteiger partial charge in [-0.3, -0.25) is 4.79 Å². The number of piperazine rings is 1. The first kappa shape index (κ1) is 18.8. The molecule has 0 radical (unpaired) electrons. The molecule has 6 nitrogen and oxygen atoms in total. The van der Waals surface area contributed by atoms with Crippen LogP contribution in [0.2, 0.25) is 0 Å². The molecule has 0 N–H and O–H groups in total. The second kappa shape index (κ2) is 7.73. The average molecular weight is 386 g/mol. The zero-order valence-electron chi connectivity index (χ0n) is 15.0. The van der Waals surface area contributed by atoms with Gasteiger partial charge in [-0.05, 0) is 38.4 Å². The van der Waals surface area contributed by atoms with Crippen molar-refractivity contribution in [2.45, 2.75) is 30.9 Å². The van der Waals surface area contributed by atoms with Gasteiger partial charge in [-0.2, -0.15) is 4.31 Å². The molecule has 0 saturated carbocycles. The van der Waals surface area contributed by atoms with E-state index >= 15 is 0 Å². The van der Waals surface area contributed by atoms with Crippen LogP contribution in [0.4, 0.5) is 0 Å². The number of sulfonamides is 1. The normalized spacial score (nSPS) is 23.8. The van der Waals surface area contributed by atoms with Crippen molar-refractivity contribution in [2.75, 3.05) is 45.8 Å². The van der Waals surface area contributed by atoms with Crippen LogP contribution in [0.15, 0.2) is 16.3 Å². The molecular weight excluding hydrogens is 358 g/mol. The molecule has 140 valence electrons. The Hall–Kier alpha value is -0.960. The number of carbonyl (C=O) groups is 1. The number of rotatable bonds is 4. The highest BCUT2D eigenvalue weighted by Crippen LogP contribution is 2.29. The number of amides is 1. The number of thiophene rings is 1. The fraction of sp³-hybridized carbons (Fsp3) is 0.706. The predicted molar refractivity (Wildman–Crippen MR) is 99.2 cm³/mol. The van der Waals surface area contributed by atoms with E-state index in [4.69, 9.17) is 0 Å². The van der Waals surface area contributed by atoms with Crippen molar-refractivity contribution in [1.82, 2.24) is 14.1 Å². The molecule has 25 heavy (non-hydrogen) atoms. The molecule has 0 aliphatic carbocycles. The molecular formula is C17H27N3O3S2. The zero-order valence-corrected chi connectivity index (χ0v) is 16.6. The monoisotopic (exact) mass is 385 g/mol. The molecule has 0 bridgehead atoms. The second-order valence-corrected chi connectivity index (χ2v) is 10.3. The van der Waals surface area contributed by atoms with Gasteiger partial charge in [0.1, 0.15) is 4.21 Å². The molecule has 2 fully saturated rings. The maximum Gasteiger partial charge on any atom is 0.252 e. The second-order valence-electron chi connectivity index (χ2n) is 6.83. The van der Waals surface area contributed by atoms with Crippen LogP contribution >= 0.6 is 11.3 Å². The lowest BCUT2D eigenvalue weighted by molar-refractivity contribution is -0.138. The summed E-state index contributed by atoms with van der Waals surface area (Å²) in [5.41, 5.74) is 0. The highest BCUT2D eigenvalue weighted by Gasteiger charge is 2.36. The van der Waals surface area contributed by atoms with Crippen molar-refractivity contribution >= 4 is 27.3 Å². The van der Waals surface area contributed by atoms with Gasteiger partial charge in [0.15, 0.2) is 0 Å². The average Bonchev–Trinajstić information content (AvgIpc) is 3.08. The van der Waals surface area contributed by atoms with Gasteiger partial charge in [0.25, 0.3) is 10.0 Å². The van der Waals surface area contributed by atoms with Crippen molar-refractivity contribution < 1.29 is 13.2 Å². The number of piperidine rings is 1. The van der Waals surface area contributed by atoms with Crippen LogP contribution in [-0.4, -0.2) is 74.2 Å². The van der Waals surface area contributed by atoms with Gasteiger partial charge in [0.05, 0.1) is 5.92 Å². The van der Waals surface area contributed by atoms with E-state index in [9.17, 15) is 13.2 Å². The Morgan fingerprint density at radius 1 is 1.20 bits per heavy atom. The summed E-state index contributed by atoms with van der Waals surface area (Å²) in [6, 6.07) is 3.50. The first-order valence-electron chi connectivity index (χ1n) is 8.99. The molecule has 1 aromatic rings. The van der Waals surface area contributed by atoms with E-state index in [2.05, 4.69) is 11.8 Å². The molecule has 0 aromatic carbocycles. The van der Waals surface area contributed by atoms with Crippen LogP contribution in [0.5, 0.6) is 0 Å². The summed E-state index contributed by atoms with van der Waals surface area (Å²) in [5.74, 6) is -0.0872. The lowest BCUT2D eigenvalue weighted by atomic mass is 9.98. The molecule has 1 aromatic heterocycles. The largest absolute Gasteiger partial charge is 0.340 e. The molecule has 0 spiro atoms. The molecule has 8 heteroatoms. The quantitative estimate of drug-likeness (QED) is 0.790. The summed E-state index contributed by atoms with van der Waals surface area (Å²) in [7, 11) is -3.48. The molecule has 1 amide bonds. The Labute approximate surface area is 154 Å². The first-order valence-corrected chi connectivity index (χ1v) is 11.2. The van der Waals surface area contributed by atoms with Gasteiger partial charge in [-0.15, -0.1) is 11.3 Å². The molecule has 1 unspecified atom stereocenters. The molecule has 3 rings (SSSR count). The van der Waals surface area contributed by atoms with Crippen LogP contribution < -0.4 is 0 Å². The third-order valence-corrected chi connectivity index (χ3v) is 8.51. The standard InChI is InChI=1S/C17H27N3O3S2/c1-3-18-9-11-19(12-10-18)17(21)15-5-4-8-20(13-15)25(22,23)16-7-6-14(2)24-16/h6-7,15H,3-5,8-13H2,1-2H3. The van der Waals surface area contributed by atoms with Crippen LogP contribution in [0, 0.1) is 12.8 Å². The molecule has 2 aliphatic heterocycles. The highest BCUT2D eigenvalue weighted by molar-refractivity contribution is 7.91. The summed E-state index contributed by atoms with van der Waals surface area (Å²) < 4.78 is 27.6. The van der Waals surface area contributed by atoms with E-state index in [0.717, 1.165) is 50.4 Å². The Morgan fingerprint density at radius 2 is 1.92 bits per heavy atom. The lowest BCUT2D eigenvalue weighted by Crippen LogP contribution is -2.52. The minimum absolute atomic E-state index is 0.123. The number of likely N-dealkylation sites (N-methyl/N-ethyl adjacent to an activating group) is 1. The third-order valence-electron chi connectivity index (χ3n) is 5.17. The summed E-state index contributed by atoms with van der Waals surface area (Å²) in [5, 5.41) is 0. The van der Waals surface area contributed by atoms with Crippen molar-refractivity contribution in [1.29, 1.82) is 0 Å². The van der Waals surface area contributed by atoms with E-state index in [-0.39, 0.29) is 11.8 Å². The summed E-state index contributed by atoms with van der Waals surface area (Å²) in [6.45, 7) is 9.18. The van der Waals surface area contributed by atoms with Gasteiger partial charge in [0.2, 0.25) is 5.91 Å². The van der Waals surface area contributed by atoms with E-state index in [1.807, 2.05) is 17.9 Å². The van der Waals surface area contributed by atoms with E-state index in [1.165, 1.54) is 15.6 Å². The van der Waals surface area contributed by atoms with Crippen molar-refractivity contribution in [2.24, 2.45) is 5.92 Å². The summed E-state index contributed by atoms with van der Waals surface area (Å²) >= 11 is 1.30. The van der Waals surface area contributed by atoms with Gasteiger partial charge in [0, 0.05) is 44.1 Å². The Morgan fingerprint density at radius 3 is 2.52 bits per heavy atom. The van der Waals surface area contributed by atoms with Crippen LogP contribution in [0.3, 0.4) is 0 Å². The van der Waals surface area contributed by atoms with E-state index < -0.39 is 10.0 Å².